The first kappa shape index (κ1) is 15.1. The van der Waals surface area contributed by atoms with Crippen LogP contribution < -0.4 is 5.73 Å². The normalized spacial score (nSPS) is 13.1. The van der Waals surface area contributed by atoms with Crippen LogP contribution in [0.15, 0.2) is 18.2 Å². The summed E-state index contributed by atoms with van der Waals surface area (Å²) in [6, 6.07) is 0.379. The summed E-state index contributed by atoms with van der Waals surface area (Å²) in [5.74, 6) is -0.937. The summed E-state index contributed by atoms with van der Waals surface area (Å²) in [6.07, 6.45) is -4.58. The molecule has 0 aliphatic rings. The molecule has 0 amide bonds. The number of hydrogen-bond donors (Lipinski definition) is 1. The molecule has 2 N–H and O–H groups in total. The van der Waals surface area contributed by atoms with Gasteiger partial charge in [-0.05, 0) is 18.2 Å². The monoisotopic (exact) mass is 261 g/mol. The molecule has 0 aromatic heterocycles. The van der Waals surface area contributed by atoms with Crippen LogP contribution in [0.1, 0.15) is 17.2 Å². The second kappa shape index (κ2) is 5.45. The van der Waals surface area contributed by atoms with Gasteiger partial charge in [0.2, 0.25) is 0 Å². The highest BCUT2D eigenvalue weighted by atomic mass is 35.5. The molecule has 0 saturated heterocycles. The fourth-order valence-electron chi connectivity index (χ4n) is 1.09. The Bertz CT molecular complexity index is 352. The molecule has 1 atom stereocenters. The number of halogens is 6. The van der Waals surface area contributed by atoms with Crippen LogP contribution in [-0.2, 0) is 6.18 Å². The first-order valence-electron chi connectivity index (χ1n) is 4.04. The van der Waals surface area contributed by atoms with Gasteiger partial charge in [-0.15, -0.1) is 12.4 Å². The van der Waals surface area contributed by atoms with Crippen LogP contribution in [0.5, 0.6) is 0 Å². The molecule has 0 aliphatic heterocycles. The van der Waals surface area contributed by atoms with E-state index in [2.05, 4.69) is 0 Å². The minimum absolute atomic E-state index is 0. The summed E-state index contributed by atoms with van der Waals surface area (Å²) in [6.45, 7) is -1.11. The Kier molecular flexibility index (Phi) is 5.15. The molecular formula is C9H9ClF5N. The van der Waals surface area contributed by atoms with Gasteiger partial charge in [-0.1, -0.05) is 0 Å². The molecule has 0 fully saturated rings. The Morgan fingerprint density at radius 3 is 2.25 bits per heavy atom. The molecule has 0 heterocycles. The molecular weight excluding hydrogens is 253 g/mol. The van der Waals surface area contributed by atoms with E-state index in [9.17, 15) is 22.0 Å². The van der Waals surface area contributed by atoms with Gasteiger partial charge in [-0.3, -0.25) is 0 Å². The quantitative estimate of drug-likeness (QED) is 0.813. The topological polar surface area (TPSA) is 26.0 Å². The van der Waals surface area contributed by atoms with Gasteiger partial charge in [0.15, 0.2) is 0 Å². The molecule has 1 aromatic rings. The molecule has 0 radical (unpaired) electrons. The number of nitrogens with two attached hydrogens (primary N) is 1. The summed E-state index contributed by atoms with van der Waals surface area (Å²) in [7, 11) is 0. The summed E-state index contributed by atoms with van der Waals surface area (Å²) >= 11 is 0. The molecule has 16 heavy (non-hydrogen) atoms. The van der Waals surface area contributed by atoms with Crippen LogP contribution in [-0.4, -0.2) is 6.67 Å². The lowest BCUT2D eigenvalue weighted by Crippen LogP contribution is -2.16. The number of rotatable bonds is 2. The fourth-order valence-corrected chi connectivity index (χ4v) is 1.09. The van der Waals surface area contributed by atoms with E-state index < -0.39 is 35.8 Å². The van der Waals surface area contributed by atoms with E-state index in [0.717, 1.165) is 0 Å². The molecule has 0 saturated carbocycles. The van der Waals surface area contributed by atoms with Crippen molar-refractivity contribution in [2.24, 2.45) is 5.73 Å². The molecule has 7 heteroatoms. The smallest absolute Gasteiger partial charge is 0.322 e. The van der Waals surface area contributed by atoms with Gasteiger partial charge >= 0.3 is 6.18 Å². The van der Waals surface area contributed by atoms with E-state index in [1.54, 1.807) is 0 Å². The van der Waals surface area contributed by atoms with E-state index in [0.29, 0.717) is 18.2 Å². The lowest BCUT2D eigenvalue weighted by atomic mass is 10.0. The zero-order chi connectivity index (χ0) is 11.6. The summed E-state index contributed by atoms with van der Waals surface area (Å²) in [4.78, 5) is 0. The van der Waals surface area contributed by atoms with Crippen molar-refractivity contribution in [1.29, 1.82) is 0 Å². The minimum Gasteiger partial charge on any atom is -0.322 e. The first-order chi connectivity index (χ1) is 6.86. The maximum atomic E-state index is 13.0. The Morgan fingerprint density at radius 2 is 1.81 bits per heavy atom. The van der Waals surface area contributed by atoms with Gasteiger partial charge in [0.1, 0.15) is 12.5 Å². The van der Waals surface area contributed by atoms with Crippen molar-refractivity contribution in [3.8, 4) is 0 Å². The molecule has 0 spiro atoms. The van der Waals surface area contributed by atoms with Gasteiger partial charge < -0.3 is 5.73 Å². The van der Waals surface area contributed by atoms with E-state index in [-0.39, 0.29) is 12.4 Å². The van der Waals surface area contributed by atoms with Gasteiger partial charge in [0, 0.05) is 5.56 Å². The maximum absolute atomic E-state index is 13.0. The largest absolute Gasteiger partial charge is 0.416 e. The maximum Gasteiger partial charge on any atom is 0.416 e. The van der Waals surface area contributed by atoms with Crippen LogP contribution in [0.4, 0.5) is 22.0 Å². The Labute approximate surface area is 94.8 Å². The Morgan fingerprint density at radius 1 is 1.25 bits per heavy atom. The molecule has 1 nitrogen and oxygen atoms in total. The van der Waals surface area contributed by atoms with Gasteiger partial charge in [-0.2, -0.15) is 13.2 Å². The highest BCUT2D eigenvalue weighted by Crippen LogP contribution is 2.31. The zero-order valence-electron chi connectivity index (χ0n) is 7.89. The van der Waals surface area contributed by atoms with Crippen molar-refractivity contribution >= 4 is 12.4 Å². The van der Waals surface area contributed by atoms with Crippen molar-refractivity contribution in [2.45, 2.75) is 12.2 Å². The number of alkyl halides is 4. The third-order valence-electron chi connectivity index (χ3n) is 1.89. The summed E-state index contributed by atoms with van der Waals surface area (Å²) in [5.41, 5.74) is 3.62. The van der Waals surface area contributed by atoms with Crippen LogP contribution >= 0.6 is 12.4 Å². The Hall–Kier alpha value is -0.880. The molecule has 1 rings (SSSR count). The molecule has 0 bridgehead atoms. The fraction of sp³-hybridized carbons (Fsp3) is 0.333. The van der Waals surface area contributed by atoms with E-state index in [1.165, 1.54) is 0 Å². The lowest BCUT2D eigenvalue weighted by Gasteiger charge is -2.12. The molecule has 0 aliphatic carbocycles. The minimum atomic E-state index is -4.58. The van der Waals surface area contributed by atoms with Crippen molar-refractivity contribution < 1.29 is 22.0 Å². The van der Waals surface area contributed by atoms with Gasteiger partial charge in [0.25, 0.3) is 0 Å². The van der Waals surface area contributed by atoms with Crippen LogP contribution in [0, 0.1) is 5.82 Å². The molecule has 92 valence electrons. The summed E-state index contributed by atoms with van der Waals surface area (Å²) < 4.78 is 61.7. The van der Waals surface area contributed by atoms with Crippen molar-refractivity contribution in [1.82, 2.24) is 0 Å². The third-order valence-corrected chi connectivity index (χ3v) is 1.89. The average molecular weight is 262 g/mol. The van der Waals surface area contributed by atoms with Gasteiger partial charge in [-0.25, -0.2) is 8.78 Å². The van der Waals surface area contributed by atoms with Crippen molar-refractivity contribution in [3.05, 3.63) is 35.1 Å². The number of benzene rings is 1. The predicted octanol–water partition coefficient (Wildman–Crippen LogP) is 3.24. The average Bonchev–Trinajstić information content (AvgIpc) is 2.15. The highest BCUT2D eigenvalue weighted by Gasteiger charge is 2.31. The standard InChI is InChI=1S/C9H8F5N.ClH/c10-4-8(15)6-3-5(9(12,13)14)1-2-7(6)11;/h1-3,8H,4,15H2;1H/t8-;/m0./s1. The lowest BCUT2D eigenvalue weighted by molar-refractivity contribution is -0.137. The first-order valence-corrected chi connectivity index (χ1v) is 4.04. The predicted molar refractivity (Wildman–Crippen MR) is 51.6 cm³/mol. The van der Waals surface area contributed by atoms with Crippen LogP contribution in [0.2, 0.25) is 0 Å². The second-order valence-corrected chi connectivity index (χ2v) is 2.99. The zero-order valence-corrected chi connectivity index (χ0v) is 8.71. The van der Waals surface area contributed by atoms with Crippen molar-refractivity contribution in [2.75, 3.05) is 6.67 Å². The SMILES string of the molecule is Cl.N[C@@H](CF)c1cc(C(F)(F)F)ccc1F. The number of hydrogen-bond acceptors (Lipinski definition) is 1. The molecule has 0 unspecified atom stereocenters. The van der Waals surface area contributed by atoms with Crippen LogP contribution in [0.25, 0.3) is 0 Å². The third kappa shape index (κ3) is 3.31. The van der Waals surface area contributed by atoms with E-state index >= 15 is 0 Å². The second-order valence-electron chi connectivity index (χ2n) is 2.99. The summed E-state index contributed by atoms with van der Waals surface area (Å²) in [5, 5.41) is 0. The van der Waals surface area contributed by atoms with Crippen molar-refractivity contribution in [3.63, 3.8) is 0 Å². The highest BCUT2D eigenvalue weighted by molar-refractivity contribution is 5.85. The van der Waals surface area contributed by atoms with E-state index in [1.807, 2.05) is 0 Å². The van der Waals surface area contributed by atoms with Gasteiger partial charge in [0.05, 0.1) is 11.6 Å². The van der Waals surface area contributed by atoms with E-state index in [4.69, 9.17) is 5.73 Å². The Balaban J connectivity index is 0.00000225. The molecule has 1 aromatic carbocycles. The van der Waals surface area contributed by atoms with Crippen LogP contribution in [0.3, 0.4) is 0 Å².